The molecule has 1 aromatic heterocycles. The summed E-state index contributed by atoms with van der Waals surface area (Å²) in [5.74, 6) is 5.58. The maximum Gasteiger partial charge on any atom is 0.130 e. The summed E-state index contributed by atoms with van der Waals surface area (Å²) in [4.78, 5) is 4.02. The maximum atomic E-state index is 12.7. The van der Waals surface area contributed by atoms with Crippen molar-refractivity contribution in [2.45, 2.75) is 0 Å². The first kappa shape index (κ1) is 12.1. The van der Waals surface area contributed by atoms with Crippen LogP contribution in [0.5, 0.6) is 0 Å². The Hall–Kier alpha value is -1.37. The van der Waals surface area contributed by atoms with E-state index in [2.05, 4.69) is 32.8 Å². The molecule has 0 aliphatic rings. The van der Waals surface area contributed by atoms with Crippen LogP contribution >= 0.6 is 27.5 Å². The van der Waals surface area contributed by atoms with Crippen LogP contribution in [0.4, 0.5) is 4.39 Å². The second-order valence-corrected chi connectivity index (χ2v) is 4.37. The maximum absolute atomic E-state index is 12.7. The van der Waals surface area contributed by atoms with E-state index in [1.54, 1.807) is 24.3 Å². The van der Waals surface area contributed by atoms with E-state index in [1.807, 2.05) is 0 Å². The van der Waals surface area contributed by atoms with Crippen LogP contribution in [0.2, 0.25) is 5.15 Å². The van der Waals surface area contributed by atoms with Gasteiger partial charge in [-0.3, -0.25) is 0 Å². The van der Waals surface area contributed by atoms with E-state index in [9.17, 15) is 4.39 Å². The summed E-state index contributed by atoms with van der Waals surface area (Å²) >= 11 is 8.99. The average molecular weight is 311 g/mol. The Balaban J connectivity index is 2.29. The lowest BCUT2D eigenvalue weighted by Gasteiger charge is -1.95. The quantitative estimate of drug-likeness (QED) is 0.529. The van der Waals surface area contributed by atoms with Gasteiger partial charge in [-0.1, -0.05) is 23.4 Å². The molecule has 4 heteroatoms. The van der Waals surface area contributed by atoms with Gasteiger partial charge in [0.25, 0.3) is 0 Å². The molecule has 17 heavy (non-hydrogen) atoms. The molecule has 0 spiro atoms. The van der Waals surface area contributed by atoms with Crippen LogP contribution < -0.4 is 0 Å². The lowest BCUT2D eigenvalue weighted by Crippen LogP contribution is -1.83. The largest absolute Gasteiger partial charge is 0.228 e. The smallest absolute Gasteiger partial charge is 0.130 e. The topological polar surface area (TPSA) is 12.9 Å². The first-order chi connectivity index (χ1) is 8.15. The summed E-state index contributed by atoms with van der Waals surface area (Å²) in [5.41, 5.74) is 1.48. The van der Waals surface area contributed by atoms with Gasteiger partial charge in [-0.15, -0.1) is 0 Å². The Bertz CT molecular complexity index is 599. The normalized spacial score (nSPS) is 9.59. The second-order valence-electron chi connectivity index (χ2n) is 3.23. The predicted molar refractivity (Wildman–Crippen MR) is 69.3 cm³/mol. The van der Waals surface area contributed by atoms with Crippen molar-refractivity contribution in [3.63, 3.8) is 0 Å². The van der Waals surface area contributed by atoms with Crippen molar-refractivity contribution in [2.24, 2.45) is 0 Å². The van der Waals surface area contributed by atoms with Gasteiger partial charge in [0.2, 0.25) is 0 Å². The number of rotatable bonds is 0. The SMILES string of the molecule is Fc1ccc(C#Cc2ccc(Cl)nc2Br)cc1. The van der Waals surface area contributed by atoms with Crippen molar-refractivity contribution in [3.8, 4) is 11.8 Å². The van der Waals surface area contributed by atoms with Crippen LogP contribution in [-0.4, -0.2) is 4.98 Å². The van der Waals surface area contributed by atoms with Crippen molar-refractivity contribution < 1.29 is 4.39 Å². The fourth-order valence-electron chi connectivity index (χ4n) is 1.18. The van der Waals surface area contributed by atoms with Crippen LogP contribution in [-0.2, 0) is 0 Å². The van der Waals surface area contributed by atoms with Gasteiger partial charge in [0.1, 0.15) is 15.6 Å². The third-order valence-electron chi connectivity index (χ3n) is 2.00. The highest BCUT2D eigenvalue weighted by molar-refractivity contribution is 9.10. The van der Waals surface area contributed by atoms with Crippen molar-refractivity contribution in [1.82, 2.24) is 4.98 Å². The molecule has 0 atom stereocenters. The molecule has 0 saturated heterocycles. The van der Waals surface area contributed by atoms with Gasteiger partial charge in [0, 0.05) is 5.56 Å². The minimum absolute atomic E-state index is 0.273. The summed E-state index contributed by atoms with van der Waals surface area (Å²) in [5, 5.41) is 0.407. The third-order valence-corrected chi connectivity index (χ3v) is 2.82. The van der Waals surface area contributed by atoms with E-state index >= 15 is 0 Å². The van der Waals surface area contributed by atoms with Crippen LogP contribution in [0.1, 0.15) is 11.1 Å². The van der Waals surface area contributed by atoms with Crippen LogP contribution in [0.25, 0.3) is 0 Å². The number of benzene rings is 1. The zero-order valence-electron chi connectivity index (χ0n) is 8.55. The Morgan fingerprint density at radius 3 is 2.41 bits per heavy atom. The summed E-state index contributed by atoms with van der Waals surface area (Å²) in [6.45, 7) is 0. The van der Waals surface area contributed by atoms with E-state index in [0.717, 1.165) is 11.1 Å². The van der Waals surface area contributed by atoms with E-state index < -0.39 is 0 Å². The fourth-order valence-corrected chi connectivity index (χ4v) is 1.85. The number of pyridine rings is 1. The lowest BCUT2D eigenvalue weighted by molar-refractivity contribution is 0.627. The first-order valence-corrected chi connectivity index (χ1v) is 5.92. The summed E-state index contributed by atoms with van der Waals surface area (Å²) < 4.78 is 13.3. The predicted octanol–water partition coefficient (Wildman–Crippen LogP) is 4.04. The number of halogens is 3. The van der Waals surface area contributed by atoms with E-state index in [1.165, 1.54) is 12.1 Å². The van der Waals surface area contributed by atoms with Gasteiger partial charge in [-0.05, 0) is 52.3 Å². The molecule has 0 N–H and O–H groups in total. The molecule has 2 rings (SSSR count). The van der Waals surface area contributed by atoms with Gasteiger partial charge < -0.3 is 0 Å². The van der Waals surface area contributed by atoms with Crippen LogP contribution in [0.15, 0.2) is 41.0 Å². The fraction of sp³-hybridized carbons (Fsp3) is 0. The van der Waals surface area contributed by atoms with Gasteiger partial charge >= 0.3 is 0 Å². The molecule has 0 unspecified atom stereocenters. The van der Waals surface area contributed by atoms with Crippen molar-refractivity contribution >= 4 is 27.5 Å². The highest BCUT2D eigenvalue weighted by atomic mass is 79.9. The minimum atomic E-state index is -0.273. The average Bonchev–Trinajstić information content (AvgIpc) is 2.30. The van der Waals surface area contributed by atoms with Gasteiger partial charge in [-0.2, -0.15) is 0 Å². The lowest BCUT2D eigenvalue weighted by atomic mass is 10.2. The van der Waals surface area contributed by atoms with E-state index in [4.69, 9.17) is 11.6 Å². The molecular formula is C13H6BrClFN. The number of hydrogen-bond donors (Lipinski definition) is 0. The first-order valence-electron chi connectivity index (χ1n) is 4.75. The molecule has 84 valence electrons. The molecule has 0 saturated carbocycles. The van der Waals surface area contributed by atoms with Crippen LogP contribution in [0.3, 0.4) is 0 Å². The third kappa shape index (κ3) is 3.29. The summed E-state index contributed by atoms with van der Waals surface area (Å²) in [6.07, 6.45) is 0. The Kier molecular flexibility index (Phi) is 3.78. The Morgan fingerprint density at radius 1 is 1.06 bits per heavy atom. The molecule has 0 bridgehead atoms. The molecule has 0 aliphatic heterocycles. The number of aromatic nitrogens is 1. The van der Waals surface area contributed by atoms with Crippen LogP contribution in [0, 0.1) is 17.7 Å². The zero-order valence-corrected chi connectivity index (χ0v) is 10.9. The molecular weight excluding hydrogens is 305 g/mol. The van der Waals surface area contributed by atoms with E-state index in [0.29, 0.717) is 9.76 Å². The Morgan fingerprint density at radius 2 is 1.76 bits per heavy atom. The van der Waals surface area contributed by atoms with E-state index in [-0.39, 0.29) is 5.82 Å². The standard InChI is InChI=1S/C13H6BrClFN/c14-13-10(5-8-12(15)17-13)4-1-9-2-6-11(16)7-3-9/h2-3,5-8H. The molecule has 2 aromatic rings. The molecule has 0 aliphatic carbocycles. The Labute approximate surface area is 112 Å². The van der Waals surface area contributed by atoms with Gasteiger partial charge in [0.05, 0.1) is 5.56 Å². The highest BCUT2D eigenvalue weighted by Gasteiger charge is 1.98. The molecule has 1 heterocycles. The minimum Gasteiger partial charge on any atom is -0.228 e. The molecule has 0 fully saturated rings. The summed E-state index contributed by atoms with van der Waals surface area (Å²) in [7, 11) is 0. The monoisotopic (exact) mass is 309 g/mol. The van der Waals surface area contributed by atoms with Gasteiger partial charge in [0.15, 0.2) is 0 Å². The van der Waals surface area contributed by atoms with Crippen molar-refractivity contribution in [3.05, 3.63) is 63.1 Å². The molecule has 0 radical (unpaired) electrons. The van der Waals surface area contributed by atoms with Gasteiger partial charge in [-0.25, -0.2) is 9.37 Å². The van der Waals surface area contributed by atoms with Crippen molar-refractivity contribution in [1.29, 1.82) is 0 Å². The highest BCUT2D eigenvalue weighted by Crippen LogP contribution is 2.16. The molecule has 1 nitrogen and oxygen atoms in total. The summed E-state index contributed by atoms with van der Waals surface area (Å²) in [6, 6.07) is 9.44. The number of nitrogens with zero attached hydrogens (tertiary/aromatic N) is 1. The number of hydrogen-bond acceptors (Lipinski definition) is 1. The molecule has 1 aromatic carbocycles. The van der Waals surface area contributed by atoms with Crippen molar-refractivity contribution in [2.75, 3.05) is 0 Å². The second kappa shape index (κ2) is 5.31. The zero-order chi connectivity index (χ0) is 12.3. The molecule has 0 amide bonds.